The average Bonchev–Trinajstić information content (AvgIpc) is 2.38. The van der Waals surface area contributed by atoms with Gasteiger partial charge in [0.25, 0.3) is 0 Å². The van der Waals surface area contributed by atoms with Crippen LogP contribution in [-0.2, 0) is 9.47 Å². The summed E-state index contributed by atoms with van der Waals surface area (Å²) < 4.78 is 11.0. The minimum atomic E-state index is -0.146. The number of nitrogens with one attached hydrogen (secondary N) is 1. The molecule has 0 radical (unpaired) electrons. The van der Waals surface area contributed by atoms with E-state index in [1.54, 1.807) is 7.11 Å². The predicted octanol–water partition coefficient (Wildman–Crippen LogP) is 2.35. The first kappa shape index (κ1) is 18.8. The average molecular weight is 275 g/mol. The molecule has 0 aliphatic heterocycles. The Morgan fingerprint density at radius 2 is 1.74 bits per heavy atom. The lowest BCUT2D eigenvalue weighted by molar-refractivity contribution is -0.0103. The van der Waals surface area contributed by atoms with Crippen LogP contribution in [0.4, 0.5) is 0 Å². The fourth-order valence-electron chi connectivity index (χ4n) is 1.89. The van der Waals surface area contributed by atoms with Crippen LogP contribution < -0.4 is 5.32 Å². The predicted molar refractivity (Wildman–Crippen MR) is 79.5 cm³/mol. The van der Waals surface area contributed by atoms with Gasteiger partial charge in [0, 0.05) is 25.9 Å². The van der Waals surface area contributed by atoms with E-state index in [1.165, 1.54) is 0 Å². The maximum absolute atomic E-state index is 9.37. The zero-order valence-electron chi connectivity index (χ0n) is 13.4. The van der Waals surface area contributed by atoms with Crippen molar-refractivity contribution in [3.8, 4) is 0 Å². The second kappa shape index (κ2) is 9.70. The van der Waals surface area contributed by atoms with Crippen molar-refractivity contribution in [1.29, 1.82) is 0 Å². The van der Waals surface area contributed by atoms with Gasteiger partial charge >= 0.3 is 0 Å². The first-order valence-corrected chi connectivity index (χ1v) is 7.38. The summed E-state index contributed by atoms with van der Waals surface area (Å²) in [6.45, 7) is 10.9. The molecule has 1 unspecified atom stereocenters. The molecular weight excluding hydrogens is 242 g/mol. The van der Waals surface area contributed by atoms with Gasteiger partial charge in [-0.1, -0.05) is 6.92 Å². The molecule has 0 amide bonds. The van der Waals surface area contributed by atoms with E-state index in [-0.39, 0.29) is 17.7 Å². The Labute approximate surface area is 118 Å². The molecule has 0 aliphatic rings. The molecule has 0 fully saturated rings. The number of ether oxygens (including phenoxy) is 2. The van der Waals surface area contributed by atoms with E-state index in [1.807, 2.05) is 0 Å². The highest BCUT2D eigenvalue weighted by Crippen LogP contribution is 2.14. The second-order valence-corrected chi connectivity index (χ2v) is 6.03. The fourth-order valence-corrected chi connectivity index (χ4v) is 1.89. The number of unbranched alkanes of at least 4 members (excludes halogenated alkanes) is 1. The maximum Gasteiger partial charge on any atom is 0.0644 e. The molecule has 0 saturated carbocycles. The van der Waals surface area contributed by atoms with Crippen molar-refractivity contribution in [2.45, 2.75) is 64.5 Å². The lowest BCUT2D eigenvalue weighted by atomic mass is 9.96. The fraction of sp³-hybridized carbons (Fsp3) is 1.00. The number of methoxy groups -OCH3 is 1. The molecule has 4 heteroatoms. The smallest absolute Gasteiger partial charge is 0.0644 e. The molecule has 0 aromatic carbocycles. The van der Waals surface area contributed by atoms with Gasteiger partial charge in [-0.15, -0.1) is 0 Å². The summed E-state index contributed by atoms with van der Waals surface area (Å²) in [5.41, 5.74) is -0.243. The highest BCUT2D eigenvalue weighted by atomic mass is 16.5. The third-order valence-corrected chi connectivity index (χ3v) is 3.62. The molecule has 0 spiro atoms. The van der Waals surface area contributed by atoms with Gasteiger partial charge in [-0.05, 0) is 53.0 Å². The summed E-state index contributed by atoms with van der Waals surface area (Å²) in [6, 6.07) is 0. The highest BCUT2D eigenvalue weighted by Gasteiger charge is 2.20. The van der Waals surface area contributed by atoms with E-state index in [4.69, 9.17) is 9.47 Å². The summed E-state index contributed by atoms with van der Waals surface area (Å²) in [4.78, 5) is 0. The SMILES string of the molecule is CCNC(C)(CO)CCCCOCCC(C)(C)OC. The Morgan fingerprint density at radius 3 is 2.26 bits per heavy atom. The van der Waals surface area contributed by atoms with Gasteiger partial charge in [0.2, 0.25) is 0 Å². The summed E-state index contributed by atoms with van der Waals surface area (Å²) >= 11 is 0. The van der Waals surface area contributed by atoms with Crippen molar-refractivity contribution in [3.63, 3.8) is 0 Å². The van der Waals surface area contributed by atoms with Gasteiger partial charge in [0.1, 0.15) is 0 Å². The zero-order chi connectivity index (χ0) is 14.8. The van der Waals surface area contributed by atoms with E-state index in [9.17, 15) is 5.11 Å². The van der Waals surface area contributed by atoms with Crippen LogP contribution in [0.3, 0.4) is 0 Å². The summed E-state index contributed by atoms with van der Waals surface area (Å²) in [6.07, 6.45) is 3.99. The lowest BCUT2D eigenvalue weighted by Crippen LogP contribution is -2.45. The van der Waals surface area contributed by atoms with E-state index in [0.29, 0.717) is 0 Å². The second-order valence-electron chi connectivity index (χ2n) is 6.03. The normalized spacial score (nSPS) is 15.5. The number of likely N-dealkylation sites (N-methyl/N-ethyl adjacent to an activating group) is 1. The molecule has 116 valence electrons. The Morgan fingerprint density at radius 1 is 1.05 bits per heavy atom. The molecule has 19 heavy (non-hydrogen) atoms. The highest BCUT2D eigenvalue weighted by molar-refractivity contribution is 4.81. The van der Waals surface area contributed by atoms with Crippen LogP contribution in [-0.4, -0.2) is 49.7 Å². The van der Waals surface area contributed by atoms with E-state index >= 15 is 0 Å². The van der Waals surface area contributed by atoms with Gasteiger partial charge in [0.15, 0.2) is 0 Å². The third-order valence-electron chi connectivity index (χ3n) is 3.62. The van der Waals surface area contributed by atoms with Crippen molar-refractivity contribution in [3.05, 3.63) is 0 Å². The van der Waals surface area contributed by atoms with Crippen LogP contribution >= 0.6 is 0 Å². The zero-order valence-corrected chi connectivity index (χ0v) is 13.4. The number of hydrogen-bond donors (Lipinski definition) is 2. The van der Waals surface area contributed by atoms with Crippen molar-refractivity contribution in [1.82, 2.24) is 5.32 Å². The summed E-state index contributed by atoms with van der Waals surface area (Å²) in [7, 11) is 1.73. The van der Waals surface area contributed by atoms with E-state index in [0.717, 1.165) is 45.4 Å². The molecule has 0 saturated heterocycles. The van der Waals surface area contributed by atoms with Crippen molar-refractivity contribution in [2.75, 3.05) is 33.5 Å². The first-order valence-electron chi connectivity index (χ1n) is 7.38. The Kier molecular flexibility index (Phi) is 9.62. The van der Waals surface area contributed by atoms with Crippen LogP contribution in [0.2, 0.25) is 0 Å². The standard InChI is InChI=1S/C15H33NO3/c1-6-16-15(4,13-17)9-7-8-11-19-12-10-14(2,3)18-5/h16-17H,6-13H2,1-5H3. The molecular formula is C15H33NO3. The van der Waals surface area contributed by atoms with Crippen molar-refractivity contribution >= 4 is 0 Å². The number of aliphatic hydroxyl groups is 1. The number of aliphatic hydroxyl groups excluding tert-OH is 1. The largest absolute Gasteiger partial charge is 0.394 e. The third kappa shape index (κ3) is 9.38. The number of hydrogen-bond acceptors (Lipinski definition) is 4. The lowest BCUT2D eigenvalue weighted by Gasteiger charge is -2.28. The van der Waals surface area contributed by atoms with E-state index < -0.39 is 0 Å². The molecule has 0 rings (SSSR count). The Hall–Kier alpha value is -0.160. The van der Waals surface area contributed by atoms with Crippen molar-refractivity contribution in [2.24, 2.45) is 0 Å². The van der Waals surface area contributed by atoms with Crippen molar-refractivity contribution < 1.29 is 14.6 Å². The van der Waals surface area contributed by atoms with Gasteiger partial charge in [-0.25, -0.2) is 0 Å². The van der Waals surface area contributed by atoms with Crippen LogP contribution in [0.5, 0.6) is 0 Å². The first-order chi connectivity index (χ1) is 8.89. The molecule has 2 N–H and O–H groups in total. The van der Waals surface area contributed by atoms with Gasteiger partial charge < -0.3 is 19.9 Å². The topological polar surface area (TPSA) is 50.7 Å². The van der Waals surface area contributed by atoms with Crippen LogP contribution in [0.25, 0.3) is 0 Å². The van der Waals surface area contributed by atoms with Crippen LogP contribution in [0.1, 0.15) is 53.4 Å². The maximum atomic E-state index is 9.37. The van der Waals surface area contributed by atoms with Crippen LogP contribution in [0, 0.1) is 0 Å². The van der Waals surface area contributed by atoms with E-state index in [2.05, 4.69) is 33.0 Å². The quantitative estimate of drug-likeness (QED) is 0.537. The van der Waals surface area contributed by atoms with Gasteiger partial charge in [0.05, 0.1) is 12.2 Å². The number of rotatable bonds is 12. The molecule has 4 nitrogen and oxygen atoms in total. The Balaban J connectivity index is 3.55. The minimum absolute atomic E-state index is 0.0967. The molecule has 0 aromatic heterocycles. The molecule has 0 bridgehead atoms. The minimum Gasteiger partial charge on any atom is -0.394 e. The summed E-state index contributed by atoms with van der Waals surface area (Å²) in [5, 5.41) is 12.7. The molecule has 0 heterocycles. The van der Waals surface area contributed by atoms with Gasteiger partial charge in [-0.3, -0.25) is 0 Å². The Bertz CT molecular complexity index is 221. The molecule has 1 atom stereocenters. The summed E-state index contributed by atoms with van der Waals surface area (Å²) in [5.74, 6) is 0. The molecule has 0 aliphatic carbocycles. The molecule has 0 aromatic rings. The van der Waals surface area contributed by atoms with Crippen LogP contribution in [0.15, 0.2) is 0 Å². The van der Waals surface area contributed by atoms with Gasteiger partial charge in [-0.2, -0.15) is 0 Å². The monoisotopic (exact) mass is 275 g/mol.